The molecular formula is C22H24FN5O6S. The average molecular weight is 506 g/mol. The number of fused-ring (bicyclic) bond motifs is 5. The molecule has 1 aromatic carbocycles. The van der Waals surface area contributed by atoms with E-state index in [0.717, 1.165) is 0 Å². The molecule has 3 saturated heterocycles. The Hall–Kier alpha value is -2.90. The summed E-state index contributed by atoms with van der Waals surface area (Å²) >= 11 is 1.33. The predicted molar refractivity (Wildman–Crippen MR) is 123 cm³/mol. The number of hydrogen-bond donors (Lipinski definition) is 3. The van der Waals surface area contributed by atoms with Crippen LogP contribution >= 0.6 is 11.8 Å². The van der Waals surface area contributed by atoms with Crippen molar-refractivity contribution in [2.75, 3.05) is 22.1 Å². The van der Waals surface area contributed by atoms with Crippen molar-refractivity contribution in [3.63, 3.8) is 0 Å². The molecule has 3 N–H and O–H groups in total. The molecule has 0 bridgehead atoms. The normalized spacial score (nSPS) is 32.0. The first-order valence-electron chi connectivity index (χ1n) is 11.4. The lowest BCUT2D eigenvalue weighted by atomic mass is 9.66. The molecule has 1 unspecified atom stereocenters. The van der Waals surface area contributed by atoms with Crippen molar-refractivity contribution in [3.05, 3.63) is 17.4 Å². The molecule has 4 aliphatic heterocycles. The second kappa shape index (κ2) is 7.55. The molecular weight excluding hydrogens is 481 g/mol. The highest BCUT2D eigenvalue weighted by atomic mass is 32.2. The number of ether oxygens (including phenoxy) is 1. The van der Waals surface area contributed by atoms with Crippen LogP contribution in [-0.2, 0) is 20.7 Å². The van der Waals surface area contributed by atoms with E-state index < -0.39 is 46.8 Å². The summed E-state index contributed by atoms with van der Waals surface area (Å²) in [6, 6.07) is -0.148. The smallest absolute Gasteiger partial charge is 0.328 e. The van der Waals surface area contributed by atoms with Crippen LogP contribution in [0.3, 0.4) is 0 Å². The Morgan fingerprint density at radius 2 is 1.94 bits per heavy atom. The number of barbiturate groups is 1. The first-order valence-corrected chi connectivity index (χ1v) is 12.5. The van der Waals surface area contributed by atoms with Gasteiger partial charge in [0.1, 0.15) is 0 Å². The average Bonchev–Trinajstić information content (AvgIpc) is 3.33. The molecule has 4 amide bonds. The third-order valence-electron chi connectivity index (χ3n) is 7.39. The van der Waals surface area contributed by atoms with Gasteiger partial charge in [-0.1, -0.05) is 5.16 Å². The Morgan fingerprint density at radius 3 is 2.60 bits per heavy atom. The number of aliphatic hydroxyl groups is 1. The molecule has 0 aliphatic carbocycles. The molecule has 1 aromatic heterocycles. The van der Waals surface area contributed by atoms with Crippen LogP contribution in [0, 0.1) is 11.2 Å². The fraction of sp³-hybridized carbons (Fsp3) is 0.545. The number of carbonyl (C=O) groups is 3. The molecule has 2 aromatic rings. The summed E-state index contributed by atoms with van der Waals surface area (Å²) in [7, 11) is 0. The minimum atomic E-state index is -1.71. The molecule has 4 aliphatic rings. The molecule has 5 heterocycles. The Labute approximate surface area is 203 Å². The van der Waals surface area contributed by atoms with E-state index in [1.54, 1.807) is 22.8 Å². The number of halogens is 1. The highest BCUT2D eigenvalue weighted by Crippen LogP contribution is 2.50. The molecule has 5 atom stereocenters. The van der Waals surface area contributed by atoms with Crippen molar-refractivity contribution in [2.24, 2.45) is 5.41 Å². The number of nitrogens with one attached hydrogen (secondary N) is 2. The molecule has 1 spiro atoms. The number of amides is 4. The van der Waals surface area contributed by atoms with Crippen LogP contribution < -0.4 is 20.4 Å². The fourth-order valence-electron chi connectivity index (χ4n) is 6.04. The second-order valence-corrected chi connectivity index (χ2v) is 10.7. The van der Waals surface area contributed by atoms with E-state index in [9.17, 15) is 19.5 Å². The quantitative estimate of drug-likeness (QED) is 0.483. The summed E-state index contributed by atoms with van der Waals surface area (Å²) in [5, 5.41) is 19.3. The van der Waals surface area contributed by atoms with Gasteiger partial charge < -0.3 is 24.2 Å². The summed E-state index contributed by atoms with van der Waals surface area (Å²) in [6.45, 7) is 5.70. The molecule has 35 heavy (non-hydrogen) atoms. The van der Waals surface area contributed by atoms with Gasteiger partial charge in [-0.2, -0.15) is 0 Å². The lowest BCUT2D eigenvalue weighted by Gasteiger charge is -2.55. The Kier molecular flexibility index (Phi) is 4.86. The van der Waals surface area contributed by atoms with E-state index in [1.165, 1.54) is 11.8 Å². The van der Waals surface area contributed by atoms with E-state index in [1.807, 2.05) is 13.8 Å². The topological polar surface area (TPSA) is 137 Å². The minimum Gasteiger partial charge on any atom is -0.372 e. The second-order valence-electron chi connectivity index (χ2n) is 9.63. The molecule has 186 valence electrons. The van der Waals surface area contributed by atoms with Crippen LogP contribution in [0.2, 0.25) is 0 Å². The zero-order valence-electron chi connectivity index (χ0n) is 19.2. The van der Waals surface area contributed by atoms with Crippen LogP contribution in [0.25, 0.3) is 11.0 Å². The zero-order valence-corrected chi connectivity index (χ0v) is 20.0. The van der Waals surface area contributed by atoms with E-state index in [2.05, 4.69) is 15.8 Å². The van der Waals surface area contributed by atoms with E-state index in [4.69, 9.17) is 9.26 Å². The van der Waals surface area contributed by atoms with Gasteiger partial charge in [-0.3, -0.25) is 20.2 Å². The number of urea groups is 1. The SMILES string of the molecule is C[C@@H]1CN2c3c(cc4c(N5C(O)SC[C@@H]5C)noc4c3F)CC3(C(=O)NC(=O)NC3=O)[C@H]2[C@H](C)O1. The third-order valence-corrected chi connectivity index (χ3v) is 8.59. The largest absolute Gasteiger partial charge is 0.372 e. The maximum Gasteiger partial charge on any atom is 0.328 e. The van der Waals surface area contributed by atoms with Gasteiger partial charge in [-0.15, -0.1) is 11.8 Å². The summed E-state index contributed by atoms with van der Waals surface area (Å²) in [5.74, 6) is -1.20. The van der Waals surface area contributed by atoms with Gasteiger partial charge in [-0.05, 0) is 32.4 Å². The van der Waals surface area contributed by atoms with Gasteiger partial charge in [-0.25, -0.2) is 9.18 Å². The summed E-state index contributed by atoms with van der Waals surface area (Å²) < 4.78 is 27.5. The number of nitrogens with zero attached hydrogens (tertiary/aromatic N) is 3. The molecule has 13 heteroatoms. The number of aliphatic hydroxyl groups excluding tert-OH is 1. The van der Waals surface area contributed by atoms with Crippen molar-refractivity contribution in [1.82, 2.24) is 15.8 Å². The number of hydrogen-bond acceptors (Lipinski definition) is 10. The lowest BCUT2D eigenvalue weighted by Crippen LogP contribution is -2.75. The molecule has 0 radical (unpaired) electrons. The molecule has 6 rings (SSSR count). The number of morpholine rings is 1. The van der Waals surface area contributed by atoms with Crippen LogP contribution in [-0.4, -0.2) is 70.3 Å². The maximum absolute atomic E-state index is 16.1. The Bertz CT molecular complexity index is 1250. The summed E-state index contributed by atoms with van der Waals surface area (Å²) in [6.07, 6.45) is -1.07. The minimum absolute atomic E-state index is 0.0655. The number of thioether (sulfide) groups is 1. The van der Waals surface area contributed by atoms with Gasteiger partial charge >= 0.3 is 6.03 Å². The standard InChI is InChI=1S/C22H24FN5O6S/c1-8-7-35-21(32)28(8)17-12-4-11-5-22(18(29)24-20(31)25-19(22)30)16-10(3)33-9(2)6-27(16)14(11)13(23)15(12)34-26-17/h4,8-10,16,21,32H,5-7H2,1-3H3,(H2,24,25,29,30,31)/t8-,9+,10-,16+,21?/m0/s1. The van der Waals surface area contributed by atoms with Crippen LogP contribution in [0.4, 0.5) is 20.7 Å². The number of benzene rings is 1. The molecule has 3 fully saturated rings. The fourth-order valence-corrected chi connectivity index (χ4v) is 7.12. The third kappa shape index (κ3) is 2.97. The maximum atomic E-state index is 16.1. The van der Waals surface area contributed by atoms with Gasteiger partial charge in [0.15, 0.2) is 22.6 Å². The predicted octanol–water partition coefficient (Wildman–Crippen LogP) is 1.08. The molecule has 0 saturated carbocycles. The Morgan fingerprint density at radius 1 is 1.23 bits per heavy atom. The first-order chi connectivity index (χ1) is 16.6. The van der Waals surface area contributed by atoms with Crippen LogP contribution in [0.15, 0.2) is 10.6 Å². The summed E-state index contributed by atoms with van der Waals surface area (Å²) in [5.41, 5.74) is -2.02. The Balaban J connectivity index is 1.58. The van der Waals surface area contributed by atoms with E-state index in [0.29, 0.717) is 22.5 Å². The van der Waals surface area contributed by atoms with Crippen molar-refractivity contribution in [1.29, 1.82) is 0 Å². The van der Waals surface area contributed by atoms with Crippen molar-refractivity contribution in [2.45, 2.75) is 57.0 Å². The van der Waals surface area contributed by atoms with E-state index in [-0.39, 0.29) is 36.4 Å². The number of carbonyl (C=O) groups excluding carboxylic acids is 3. The van der Waals surface area contributed by atoms with E-state index >= 15 is 4.39 Å². The number of aromatic nitrogens is 1. The number of anilines is 2. The van der Waals surface area contributed by atoms with Crippen molar-refractivity contribution < 1.29 is 33.1 Å². The summed E-state index contributed by atoms with van der Waals surface area (Å²) in [4.78, 5) is 41.8. The number of rotatable bonds is 1. The van der Waals surface area contributed by atoms with Gasteiger partial charge in [0.2, 0.25) is 17.4 Å². The zero-order chi connectivity index (χ0) is 24.8. The van der Waals surface area contributed by atoms with Gasteiger partial charge in [0, 0.05) is 24.8 Å². The van der Waals surface area contributed by atoms with Crippen LogP contribution in [0.5, 0.6) is 0 Å². The van der Waals surface area contributed by atoms with Crippen molar-refractivity contribution in [3.8, 4) is 0 Å². The van der Waals surface area contributed by atoms with Gasteiger partial charge in [0.25, 0.3) is 0 Å². The lowest BCUT2D eigenvalue weighted by molar-refractivity contribution is -0.153. The number of imide groups is 2. The van der Waals surface area contributed by atoms with Crippen molar-refractivity contribution >= 4 is 52.1 Å². The van der Waals surface area contributed by atoms with Gasteiger partial charge in [0.05, 0.1) is 29.3 Å². The van der Waals surface area contributed by atoms with Crippen LogP contribution in [0.1, 0.15) is 26.3 Å². The monoisotopic (exact) mass is 505 g/mol. The highest BCUT2D eigenvalue weighted by Gasteiger charge is 2.63. The molecule has 11 nitrogen and oxygen atoms in total. The first kappa shape index (κ1) is 22.6. The highest BCUT2D eigenvalue weighted by molar-refractivity contribution is 8.00.